The molecule has 0 aliphatic carbocycles. The number of carbonyl (C=O) groups excluding carboxylic acids is 1. The van der Waals surface area contributed by atoms with E-state index in [0.717, 1.165) is 5.01 Å². The molecule has 0 spiro atoms. The Kier molecular flexibility index (Phi) is 7.71. The zero-order valence-corrected chi connectivity index (χ0v) is 16.9. The van der Waals surface area contributed by atoms with Crippen LogP contribution in [-0.4, -0.2) is 40.1 Å². The molecular weight excluding hydrogens is 427 g/mol. The fraction of sp³-hybridized carbons (Fsp3) is 0.278. The molecule has 3 N–H and O–H groups in total. The number of hydrogen-bond donors (Lipinski definition) is 2. The van der Waals surface area contributed by atoms with Gasteiger partial charge in [-0.3, -0.25) is 4.79 Å². The molecule has 1 atom stereocenters. The lowest BCUT2D eigenvalue weighted by Crippen LogP contribution is -2.29. The van der Waals surface area contributed by atoms with Crippen molar-refractivity contribution in [3.63, 3.8) is 0 Å². The Balaban J connectivity index is 0.000000370. The second-order valence-electron chi connectivity index (χ2n) is 5.99. The summed E-state index contributed by atoms with van der Waals surface area (Å²) in [5.41, 5.74) is 7.22. The summed E-state index contributed by atoms with van der Waals surface area (Å²) in [5, 5.41) is 13.1. The predicted molar refractivity (Wildman–Crippen MR) is 106 cm³/mol. The molecule has 2 heterocycles. The highest BCUT2D eigenvalue weighted by atomic mass is 32.1. The molecule has 1 unspecified atom stereocenters. The standard InChI is InChI=1S/C16H17N3OS2.C2HF3O2/c1-19(15(20)8-13(17)16-18-6-7-21-16)9-11-10-22-14-5-3-2-4-12(11)14;3-2(4,5)1(6)7/h2-7,10,13H,8-9,17H2,1H3;(H,6,7). The molecule has 3 rings (SSSR count). The summed E-state index contributed by atoms with van der Waals surface area (Å²) in [4.78, 5) is 27.1. The minimum absolute atomic E-state index is 0.0398. The molecular formula is C18H18F3N3O3S2. The van der Waals surface area contributed by atoms with Gasteiger partial charge < -0.3 is 15.7 Å². The van der Waals surface area contributed by atoms with E-state index in [1.54, 1.807) is 22.4 Å². The molecule has 1 amide bonds. The number of nitrogens with two attached hydrogens (primary N) is 1. The van der Waals surface area contributed by atoms with Gasteiger partial charge in [0.25, 0.3) is 0 Å². The van der Waals surface area contributed by atoms with Gasteiger partial charge in [0.1, 0.15) is 5.01 Å². The van der Waals surface area contributed by atoms with Crippen molar-refractivity contribution in [1.29, 1.82) is 0 Å². The zero-order chi connectivity index (χ0) is 21.6. The number of amides is 1. The number of carboxylic acids is 1. The average molecular weight is 445 g/mol. The van der Waals surface area contributed by atoms with E-state index in [0.29, 0.717) is 6.54 Å². The summed E-state index contributed by atoms with van der Waals surface area (Å²) < 4.78 is 33.0. The van der Waals surface area contributed by atoms with Gasteiger partial charge in [-0.05, 0) is 22.4 Å². The first-order valence-corrected chi connectivity index (χ1v) is 9.99. The van der Waals surface area contributed by atoms with Crippen LogP contribution in [-0.2, 0) is 16.1 Å². The van der Waals surface area contributed by atoms with Crippen LogP contribution in [0.4, 0.5) is 13.2 Å². The molecule has 0 aliphatic rings. The summed E-state index contributed by atoms with van der Waals surface area (Å²) >= 11 is 3.20. The van der Waals surface area contributed by atoms with Crippen LogP contribution >= 0.6 is 22.7 Å². The lowest BCUT2D eigenvalue weighted by atomic mass is 10.1. The average Bonchev–Trinajstić information content (AvgIpc) is 3.32. The number of thiazole rings is 1. The van der Waals surface area contributed by atoms with E-state index in [1.165, 1.54) is 27.0 Å². The first kappa shape index (κ1) is 22.8. The molecule has 0 saturated carbocycles. The lowest BCUT2D eigenvalue weighted by Gasteiger charge is -2.18. The number of rotatable bonds is 5. The molecule has 29 heavy (non-hydrogen) atoms. The van der Waals surface area contributed by atoms with Crippen LogP contribution < -0.4 is 5.73 Å². The van der Waals surface area contributed by atoms with Crippen molar-refractivity contribution in [3.05, 3.63) is 51.8 Å². The topological polar surface area (TPSA) is 96.5 Å². The van der Waals surface area contributed by atoms with E-state index < -0.39 is 12.1 Å². The molecule has 0 bridgehead atoms. The van der Waals surface area contributed by atoms with Crippen LogP contribution in [0.15, 0.2) is 41.2 Å². The van der Waals surface area contributed by atoms with E-state index >= 15 is 0 Å². The van der Waals surface area contributed by atoms with Gasteiger partial charge >= 0.3 is 12.1 Å². The molecule has 11 heteroatoms. The van der Waals surface area contributed by atoms with Crippen LogP contribution in [0, 0.1) is 0 Å². The van der Waals surface area contributed by atoms with Crippen molar-refractivity contribution in [3.8, 4) is 0 Å². The summed E-state index contributed by atoms with van der Waals surface area (Å²) in [5.74, 6) is -2.72. The van der Waals surface area contributed by atoms with Gasteiger partial charge in [-0.15, -0.1) is 22.7 Å². The van der Waals surface area contributed by atoms with E-state index in [-0.39, 0.29) is 18.4 Å². The van der Waals surface area contributed by atoms with Gasteiger partial charge in [0, 0.05) is 36.3 Å². The maximum absolute atomic E-state index is 12.3. The van der Waals surface area contributed by atoms with Crippen molar-refractivity contribution < 1.29 is 27.9 Å². The second kappa shape index (κ2) is 9.81. The number of carboxylic acid groups (broad SMARTS) is 1. The van der Waals surface area contributed by atoms with E-state index in [4.69, 9.17) is 15.6 Å². The van der Waals surface area contributed by atoms with E-state index in [2.05, 4.69) is 22.5 Å². The number of thiophene rings is 1. The molecule has 0 fully saturated rings. The maximum atomic E-state index is 12.3. The monoisotopic (exact) mass is 445 g/mol. The zero-order valence-electron chi connectivity index (χ0n) is 15.2. The van der Waals surface area contributed by atoms with Gasteiger partial charge in [-0.1, -0.05) is 18.2 Å². The van der Waals surface area contributed by atoms with Crippen molar-refractivity contribution >= 4 is 44.6 Å². The molecule has 2 aromatic heterocycles. The third-order valence-corrected chi connectivity index (χ3v) is 5.72. The number of fused-ring (bicyclic) bond motifs is 1. The highest BCUT2D eigenvalue weighted by Gasteiger charge is 2.38. The summed E-state index contributed by atoms with van der Waals surface area (Å²) in [6, 6.07) is 7.93. The van der Waals surface area contributed by atoms with Crippen molar-refractivity contribution in [2.24, 2.45) is 5.73 Å². The van der Waals surface area contributed by atoms with Crippen LogP contribution in [0.25, 0.3) is 10.1 Å². The number of aromatic nitrogens is 1. The van der Waals surface area contributed by atoms with Gasteiger partial charge in [-0.25, -0.2) is 9.78 Å². The number of alkyl halides is 3. The first-order valence-electron chi connectivity index (χ1n) is 8.23. The van der Waals surface area contributed by atoms with E-state index in [1.807, 2.05) is 24.6 Å². The highest BCUT2D eigenvalue weighted by Crippen LogP contribution is 2.27. The Morgan fingerprint density at radius 3 is 2.52 bits per heavy atom. The summed E-state index contributed by atoms with van der Waals surface area (Å²) in [6.45, 7) is 0.605. The first-order chi connectivity index (χ1) is 13.6. The minimum atomic E-state index is -5.08. The summed E-state index contributed by atoms with van der Waals surface area (Å²) in [7, 11) is 1.82. The maximum Gasteiger partial charge on any atom is 0.490 e. The largest absolute Gasteiger partial charge is 0.490 e. The van der Waals surface area contributed by atoms with Crippen LogP contribution in [0.5, 0.6) is 0 Å². The normalized spacial score (nSPS) is 12.2. The number of benzene rings is 1. The Labute approximate surface area is 172 Å². The Morgan fingerprint density at radius 2 is 1.93 bits per heavy atom. The van der Waals surface area contributed by atoms with Crippen LogP contribution in [0.1, 0.15) is 23.0 Å². The van der Waals surface area contributed by atoms with Crippen LogP contribution in [0.3, 0.4) is 0 Å². The molecule has 0 saturated heterocycles. The molecule has 0 aliphatic heterocycles. The third-order valence-electron chi connectivity index (χ3n) is 3.80. The van der Waals surface area contributed by atoms with Gasteiger partial charge in [0.2, 0.25) is 5.91 Å². The molecule has 1 aromatic carbocycles. The van der Waals surface area contributed by atoms with Crippen molar-refractivity contribution in [2.45, 2.75) is 25.2 Å². The Morgan fingerprint density at radius 1 is 1.28 bits per heavy atom. The smallest absolute Gasteiger partial charge is 0.475 e. The lowest BCUT2D eigenvalue weighted by molar-refractivity contribution is -0.192. The van der Waals surface area contributed by atoms with Crippen molar-refractivity contribution in [1.82, 2.24) is 9.88 Å². The molecule has 0 radical (unpaired) electrons. The van der Waals surface area contributed by atoms with Crippen LogP contribution in [0.2, 0.25) is 0 Å². The van der Waals surface area contributed by atoms with Gasteiger partial charge in [0.15, 0.2) is 0 Å². The predicted octanol–water partition coefficient (Wildman–Crippen LogP) is 4.04. The van der Waals surface area contributed by atoms with Gasteiger partial charge in [0.05, 0.1) is 6.04 Å². The SMILES string of the molecule is CN(Cc1csc2ccccc12)C(=O)CC(N)c1nccs1.O=C(O)C(F)(F)F. The fourth-order valence-corrected chi connectivity index (χ4v) is 3.94. The van der Waals surface area contributed by atoms with E-state index in [9.17, 15) is 18.0 Å². The second-order valence-corrected chi connectivity index (χ2v) is 7.83. The Bertz CT molecular complexity index is 958. The quantitative estimate of drug-likeness (QED) is 0.618. The number of halogens is 3. The summed E-state index contributed by atoms with van der Waals surface area (Å²) in [6.07, 6.45) is -3.09. The minimum Gasteiger partial charge on any atom is -0.475 e. The molecule has 156 valence electrons. The fourth-order valence-electron chi connectivity index (χ4n) is 2.35. The van der Waals surface area contributed by atoms with Crippen molar-refractivity contribution in [2.75, 3.05) is 7.05 Å². The number of nitrogens with zero attached hydrogens (tertiary/aromatic N) is 2. The number of hydrogen-bond acceptors (Lipinski definition) is 6. The van der Waals surface area contributed by atoms with Gasteiger partial charge in [-0.2, -0.15) is 13.2 Å². The Hall–Kier alpha value is -2.50. The third kappa shape index (κ3) is 6.51. The molecule has 6 nitrogen and oxygen atoms in total. The highest BCUT2D eigenvalue weighted by molar-refractivity contribution is 7.17. The number of carbonyl (C=O) groups is 2. The molecule has 3 aromatic rings. The number of aliphatic carboxylic acids is 1.